The van der Waals surface area contributed by atoms with Gasteiger partial charge >= 0.3 is 0 Å². The summed E-state index contributed by atoms with van der Waals surface area (Å²) >= 11 is 1.49. The van der Waals surface area contributed by atoms with E-state index < -0.39 is 10.0 Å². The smallest absolute Gasteiger partial charge is 0.238 e. The SMILES string of the molecule is Cc1ccc(S[C@@H](C)C(=O)Nc2ccc(S(N)(=O)=O)cc2)c(C)c1. The summed E-state index contributed by atoms with van der Waals surface area (Å²) in [5, 5.41) is 7.54. The highest BCUT2D eigenvalue weighted by Gasteiger charge is 2.16. The van der Waals surface area contributed by atoms with Gasteiger partial charge in [-0.3, -0.25) is 4.79 Å². The summed E-state index contributed by atoms with van der Waals surface area (Å²) in [5.74, 6) is -0.150. The molecule has 0 aliphatic carbocycles. The number of anilines is 1. The third-order valence-electron chi connectivity index (χ3n) is 3.45. The molecule has 0 aromatic heterocycles. The molecule has 24 heavy (non-hydrogen) atoms. The number of nitrogens with two attached hydrogens (primary N) is 1. The Morgan fingerprint density at radius 1 is 1.12 bits per heavy atom. The van der Waals surface area contributed by atoms with E-state index in [1.54, 1.807) is 0 Å². The zero-order valence-electron chi connectivity index (χ0n) is 13.7. The second kappa shape index (κ2) is 7.38. The van der Waals surface area contributed by atoms with E-state index in [2.05, 4.69) is 11.4 Å². The first kappa shape index (κ1) is 18.5. The number of hydrogen-bond donors (Lipinski definition) is 2. The highest BCUT2D eigenvalue weighted by atomic mass is 32.2. The van der Waals surface area contributed by atoms with Gasteiger partial charge in [-0.25, -0.2) is 13.6 Å². The summed E-state index contributed by atoms with van der Waals surface area (Å²) in [5.41, 5.74) is 2.85. The number of carbonyl (C=O) groups excluding carboxylic acids is 1. The number of rotatable bonds is 5. The first-order valence-electron chi connectivity index (χ1n) is 7.34. The van der Waals surface area contributed by atoms with E-state index in [1.807, 2.05) is 32.9 Å². The van der Waals surface area contributed by atoms with Crippen LogP contribution in [0.2, 0.25) is 0 Å². The zero-order valence-corrected chi connectivity index (χ0v) is 15.4. The van der Waals surface area contributed by atoms with Crippen molar-refractivity contribution in [2.75, 3.05) is 5.32 Å². The predicted molar refractivity (Wildman–Crippen MR) is 97.7 cm³/mol. The number of primary sulfonamides is 1. The zero-order chi connectivity index (χ0) is 17.9. The number of aryl methyl sites for hydroxylation is 2. The van der Waals surface area contributed by atoms with Gasteiger partial charge in [0, 0.05) is 10.6 Å². The number of nitrogens with one attached hydrogen (secondary N) is 1. The molecule has 0 aliphatic heterocycles. The lowest BCUT2D eigenvalue weighted by atomic mass is 10.2. The Labute approximate surface area is 146 Å². The van der Waals surface area contributed by atoms with Gasteiger partial charge in [0.15, 0.2) is 0 Å². The highest BCUT2D eigenvalue weighted by molar-refractivity contribution is 8.00. The molecule has 0 fully saturated rings. The van der Waals surface area contributed by atoms with E-state index in [-0.39, 0.29) is 16.1 Å². The summed E-state index contributed by atoms with van der Waals surface area (Å²) in [6.07, 6.45) is 0. The van der Waals surface area contributed by atoms with Crippen LogP contribution in [0.15, 0.2) is 52.3 Å². The van der Waals surface area contributed by atoms with Gasteiger partial charge in [0.25, 0.3) is 0 Å². The third-order valence-corrected chi connectivity index (χ3v) is 5.66. The number of sulfonamides is 1. The van der Waals surface area contributed by atoms with E-state index in [4.69, 9.17) is 5.14 Å². The van der Waals surface area contributed by atoms with Gasteiger partial charge < -0.3 is 5.32 Å². The number of thioether (sulfide) groups is 1. The molecule has 0 heterocycles. The van der Waals surface area contributed by atoms with Crippen molar-refractivity contribution in [3.63, 3.8) is 0 Å². The quantitative estimate of drug-likeness (QED) is 0.798. The molecular formula is C17H20N2O3S2. The molecule has 3 N–H and O–H groups in total. The summed E-state index contributed by atoms with van der Waals surface area (Å²) in [7, 11) is -3.73. The van der Waals surface area contributed by atoms with Gasteiger partial charge in [-0.2, -0.15) is 0 Å². The molecule has 0 saturated carbocycles. The second-order valence-electron chi connectivity index (χ2n) is 5.59. The Bertz CT molecular complexity index is 847. The van der Waals surface area contributed by atoms with Crippen molar-refractivity contribution in [3.05, 3.63) is 53.6 Å². The Morgan fingerprint density at radius 2 is 1.75 bits per heavy atom. The molecule has 2 rings (SSSR count). The Balaban J connectivity index is 2.03. The lowest BCUT2D eigenvalue weighted by molar-refractivity contribution is -0.115. The molecule has 1 atom stereocenters. The van der Waals surface area contributed by atoms with Crippen LogP contribution in [0.1, 0.15) is 18.1 Å². The van der Waals surface area contributed by atoms with E-state index in [9.17, 15) is 13.2 Å². The number of amides is 1. The van der Waals surface area contributed by atoms with E-state index >= 15 is 0 Å². The van der Waals surface area contributed by atoms with Crippen molar-refractivity contribution in [3.8, 4) is 0 Å². The molecule has 5 nitrogen and oxygen atoms in total. The summed E-state index contributed by atoms with van der Waals surface area (Å²) in [4.78, 5) is 13.4. The Morgan fingerprint density at radius 3 is 2.29 bits per heavy atom. The summed E-state index contributed by atoms with van der Waals surface area (Å²) < 4.78 is 22.4. The third kappa shape index (κ3) is 4.83. The molecule has 1 amide bonds. The van der Waals surface area contributed by atoms with Crippen LogP contribution in [0, 0.1) is 13.8 Å². The predicted octanol–water partition coefficient (Wildman–Crippen LogP) is 3.07. The van der Waals surface area contributed by atoms with Crippen LogP contribution in [0.3, 0.4) is 0 Å². The molecule has 0 spiro atoms. The molecule has 2 aromatic rings. The molecule has 2 aromatic carbocycles. The lowest BCUT2D eigenvalue weighted by Gasteiger charge is -2.14. The normalized spacial score (nSPS) is 12.7. The van der Waals surface area contributed by atoms with Crippen molar-refractivity contribution >= 4 is 33.4 Å². The van der Waals surface area contributed by atoms with Crippen molar-refractivity contribution in [2.45, 2.75) is 35.8 Å². The maximum atomic E-state index is 12.3. The molecule has 7 heteroatoms. The number of carbonyl (C=O) groups is 1. The van der Waals surface area contributed by atoms with E-state index in [1.165, 1.54) is 41.6 Å². The maximum Gasteiger partial charge on any atom is 0.238 e. The summed E-state index contributed by atoms with van der Waals surface area (Å²) in [6.45, 7) is 5.88. The fraction of sp³-hybridized carbons (Fsp3) is 0.235. The van der Waals surface area contributed by atoms with Gasteiger partial charge in [0.05, 0.1) is 10.1 Å². The van der Waals surface area contributed by atoms with Gasteiger partial charge in [0.1, 0.15) is 0 Å². The fourth-order valence-corrected chi connectivity index (χ4v) is 3.60. The van der Waals surface area contributed by atoms with Crippen LogP contribution in [0.25, 0.3) is 0 Å². The highest BCUT2D eigenvalue weighted by Crippen LogP contribution is 2.28. The molecule has 0 unspecified atom stereocenters. The number of benzene rings is 2. The van der Waals surface area contributed by atoms with Crippen LogP contribution in [0.4, 0.5) is 5.69 Å². The van der Waals surface area contributed by atoms with Gasteiger partial charge in [-0.15, -0.1) is 11.8 Å². The van der Waals surface area contributed by atoms with Crippen molar-refractivity contribution in [1.82, 2.24) is 0 Å². The Hall–Kier alpha value is -1.83. The largest absolute Gasteiger partial charge is 0.325 e. The first-order chi connectivity index (χ1) is 11.2. The van der Waals surface area contributed by atoms with Crippen LogP contribution in [-0.2, 0) is 14.8 Å². The van der Waals surface area contributed by atoms with Gasteiger partial charge in [0.2, 0.25) is 15.9 Å². The molecule has 0 bridgehead atoms. The second-order valence-corrected chi connectivity index (χ2v) is 8.53. The summed E-state index contributed by atoms with van der Waals surface area (Å²) in [6, 6.07) is 11.9. The molecule has 0 saturated heterocycles. The fourth-order valence-electron chi connectivity index (χ4n) is 2.15. The molecular weight excluding hydrogens is 344 g/mol. The Kier molecular flexibility index (Phi) is 5.69. The minimum absolute atomic E-state index is 0.0122. The van der Waals surface area contributed by atoms with Crippen LogP contribution >= 0.6 is 11.8 Å². The molecule has 0 aliphatic rings. The maximum absolute atomic E-state index is 12.3. The van der Waals surface area contributed by atoms with Crippen molar-refractivity contribution in [1.29, 1.82) is 0 Å². The van der Waals surface area contributed by atoms with Crippen molar-refractivity contribution in [2.24, 2.45) is 5.14 Å². The van der Waals surface area contributed by atoms with Gasteiger partial charge in [-0.1, -0.05) is 17.7 Å². The lowest BCUT2D eigenvalue weighted by Crippen LogP contribution is -2.22. The standard InChI is InChI=1S/C17H20N2O3S2/c1-11-4-9-16(12(2)10-11)23-13(3)17(20)19-14-5-7-15(8-6-14)24(18,21)22/h4-10,13H,1-3H3,(H,19,20)(H2,18,21,22)/t13-/m0/s1. The molecule has 0 radical (unpaired) electrons. The van der Waals surface area contributed by atoms with Gasteiger partial charge in [-0.05, 0) is 56.7 Å². The first-order valence-corrected chi connectivity index (χ1v) is 9.77. The minimum atomic E-state index is -3.73. The monoisotopic (exact) mass is 364 g/mol. The average Bonchev–Trinajstić information content (AvgIpc) is 2.49. The molecule has 128 valence electrons. The van der Waals surface area contributed by atoms with Crippen LogP contribution in [0.5, 0.6) is 0 Å². The van der Waals surface area contributed by atoms with E-state index in [0.717, 1.165) is 10.5 Å². The minimum Gasteiger partial charge on any atom is -0.325 e. The van der Waals surface area contributed by atoms with Crippen LogP contribution in [-0.4, -0.2) is 19.6 Å². The van der Waals surface area contributed by atoms with E-state index in [0.29, 0.717) is 5.69 Å². The number of hydrogen-bond acceptors (Lipinski definition) is 4. The van der Waals surface area contributed by atoms with Crippen molar-refractivity contribution < 1.29 is 13.2 Å². The average molecular weight is 364 g/mol. The topological polar surface area (TPSA) is 89.3 Å². The van der Waals surface area contributed by atoms with Crippen LogP contribution < -0.4 is 10.5 Å².